The summed E-state index contributed by atoms with van der Waals surface area (Å²) in [5.74, 6) is 0. The third-order valence-corrected chi connectivity index (χ3v) is 4.65. The van der Waals surface area contributed by atoms with Gasteiger partial charge in [0, 0.05) is 12.4 Å². The lowest BCUT2D eigenvalue weighted by atomic mass is 9.93. The van der Waals surface area contributed by atoms with E-state index < -0.39 is 0 Å². The zero-order chi connectivity index (χ0) is 20.8. The highest BCUT2D eigenvalue weighted by Crippen LogP contribution is 2.33. The van der Waals surface area contributed by atoms with Crippen LogP contribution < -0.4 is 0 Å². The molecule has 0 N–H and O–H groups in total. The van der Waals surface area contributed by atoms with Gasteiger partial charge < -0.3 is 0 Å². The van der Waals surface area contributed by atoms with Crippen LogP contribution in [0, 0.1) is 20.8 Å². The Labute approximate surface area is 173 Å². The number of benzene rings is 1. The molecule has 0 saturated heterocycles. The Hall–Kier alpha value is -3.33. The van der Waals surface area contributed by atoms with Crippen molar-refractivity contribution < 1.29 is 0 Å². The van der Waals surface area contributed by atoms with Gasteiger partial charge in [-0.05, 0) is 79.4 Å². The molecule has 0 aliphatic rings. The average molecular weight is 382 g/mol. The normalized spacial score (nSPS) is 10.2. The summed E-state index contributed by atoms with van der Waals surface area (Å²) in [5, 5.41) is 0. The molecular weight excluding hydrogens is 354 g/mol. The summed E-state index contributed by atoms with van der Waals surface area (Å²) in [4.78, 5) is 13.8. The van der Waals surface area contributed by atoms with Crippen molar-refractivity contribution >= 4 is 0 Å². The number of rotatable bonds is 3. The van der Waals surface area contributed by atoms with Crippen LogP contribution in [0.15, 0.2) is 73.1 Å². The molecule has 3 aromatic heterocycles. The minimum Gasteiger partial charge on any atom is -0.255 e. The van der Waals surface area contributed by atoms with Gasteiger partial charge in [-0.25, -0.2) is 4.98 Å². The fourth-order valence-electron chi connectivity index (χ4n) is 3.60. The lowest BCUT2D eigenvalue weighted by Crippen LogP contribution is -1.96. The summed E-state index contributed by atoms with van der Waals surface area (Å²) in [5.41, 5.74) is 9.62. The van der Waals surface area contributed by atoms with Crippen LogP contribution in [-0.4, -0.2) is 15.0 Å². The maximum Gasteiger partial charge on any atom is 0.0900 e. The molecule has 0 fully saturated rings. The number of nitrogens with zero attached hydrogens (tertiary/aromatic N) is 3. The molecule has 3 heteroatoms. The highest BCUT2D eigenvalue weighted by molar-refractivity contribution is 5.78. The molecule has 0 saturated carbocycles. The minimum absolute atomic E-state index is 0.855. The van der Waals surface area contributed by atoms with Gasteiger partial charge in [0.15, 0.2) is 0 Å². The zero-order valence-electron chi connectivity index (χ0n) is 17.8. The lowest BCUT2D eigenvalue weighted by Gasteiger charge is -2.14. The van der Waals surface area contributed by atoms with Gasteiger partial charge in [-0.2, -0.15) is 0 Å². The topological polar surface area (TPSA) is 38.7 Å². The predicted octanol–water partition coefficient (Wildman–Crippen LogP) is 6.82. The average Bonchev–Trinajstić information content (AvgIpc) is 2.75. The highest BCUT2D eigenvalue weighted by Gasteiger charge is 2.13. The Morgan fingerprint density at radius 3 is 1.48 bits per heavy atom. The second-order valence-corrected chi connectivity index (χ2v) is 6.83. The van der Waals surface area contributed by atoms with Crippen molar-refractivity contribution in [3.63, 3.8) is 0 Å². The first-order valence-corrected chi connectivity index (χ1v) is 10.0. The highest BCUT2D eigenvalue weighted by atomic mass is 14.8. The molecule has 0 spiro atoms. The molecule has 29 heavy (non-hydrogen) atoms. The van der Waals surface area contributed by atoms with Crippen LogP contribution >= 0.6 is 0 Å². The summed E-state index contributed by atoms with van der Waals surface area (Å²) in [6, 6.07) is 20.5. The first kappa shape index (κ1) is 20.4. The largest absolute Gasteiger partial charge is 0.255 e. The van der Waals surface area contributed by atoms with Crippen molar-refractivity contribution in [1.29, 1.82) is 0 Å². The molecular formula is C26H27N3. The molecule has 0 bridgehead atoms. The van der Waals surface area contributed by atoms with Gasteiger partial charge in [0.1, 0.15) is 0 Å². The first-order chi connectivity index (χ1) is 14.1. The van der Waals surface area contributed by atoms with Gasteiger partial charge >= 0.3 is 0 Å². The number of hydrogen-bond donors (Lipinski definition) is 0. The van der Waals surface area contributed by atoms with Crippen molar-refractivity contribution in [2.75, 3.05) is 0 Å². The maximum absolute atomic E-state index is 4.85. The van der Waals surface area contributed by atoms with Crippen molar-refractivity contribution in [2.45, 2.75) is 34.6 Å². The molecule has 0 amide bonds. The van der Waals surface area contributed by atoms with E-state index in [-0.39, 0.29) is 0 Å². The Kier molecular flexibility index (Phi) is 6.50. The molecule has 4 rings (SSSR count). The molecule has 146 valence electrons. The van der Waals surface area contributed by atoms with E-state index in [4.69, 9.17) is 4.98 Å². The lowest BCUT2D eigenvalue weighted by molar-refractivity contribution is 1.21. The summed E-state index contributed by atoms with van der Waals surface area (Å²) in [6.45, 7) is 10.5. The standard InChI is InChI=1S/C24H21N3.C2H6/c1-16-12-17(2)24(18(3)13-16)19-14-22(20-8-4-6-10-25-20)27-23(15-19)21-9-5-7-11-26-21;1-2/h4-15H,1-3H3;1-2H3. The van der Waals surface area contributed by atoms with Gasteiger partial charge in [0.25, 0.3) is 0 Å². The number of pyridine rings is 3. The number of aryl methyl sites for hydroxylation is 3. The summed E-state index contributed by atoms with van der Waals surface area (Å²) in [6.07, 6.45) is 3.60. The summed E-state index contributed by atoms with van der Waals surface area (Å²) in [7, 11) is 0. The van der Waals surface area contributed by atoms with Crippen LogP contribution in [0.5, 0.6) is 0 Å². The van der Waals surface area contributed by atoms with Gasteiger partial charge in [-0.15, -0.1) is 0 Å². The Bertz CT molecular complexity index is 1010. The third kappa shape index (κ3) is 4.57. The Balaban J connectivity index is 0.00000117. The quantitative estimate of drug-likeness (QED) is 0.390. The molecule has 0 atom stereocenters. The first-order valence-electron chi connectivity index (χ1n) is 10.0. The van der Waals surface area contributed by atoms with E-state index in [1.54, 1.807) is 12.4 Å². The molecule has 0 aliphatic heterocycles. The molecule has 3 nitrogen and oxygen atoms in total. The van der Waals surface area contributed by atoms with Crippen LogP contribution in [0.3, 0.4) is 0 Å². The van der Waals surface area contributed by atoms with Crippen molar-refractivity contribution in [3.8, 4) is 33.9 Å². The molecule has 0 radical (unpaired) electrons. The van der Waals surface area contributed by atoms with Crippen molar-refractivity contribution in [1.82, 2.24) is 15.0 Å². The second kappa shape index (κ2) is 9.24. The van der Waals surface area contributed by atoms with Crippen LogP contribution in [0.2, 0.25) is 0 Å². The van der Waals surface area contributed by atoms with Crippen LogP contribution in [0.25, 0.3) is 33.9 Å². The monoisotopic (exact) mass is 381 g/mol. The van der Waals surface area contributed by atoms with E-state index in [0.717, 1.165) is 28.3 Å². The predicted molar refractivity (Wildman–Crippen MR) is 122 cm³/mol. The van der Waals surface area contributed by atoms with E-state index >= 15 is 0 Å². The third-order valence-electron chi connectivity index (χ3n) is 4.65. The van der Waals surface area contributed by atoms with Gasteiger partial charge in [-0.1, -0.05) is 43.7 Å². The molecule has 4 aromatic rings. The van der Waals surface area contributed by atoms with Crippen molar-refractivity contribution in [2.24, 2.45) is 0 Å². The van der Waals surface area contributed by atoms with E-state index in [0.29, 0.717) is 0 Å². The SMILES string of the molecule is CC.Cc1cc(C)c(-c2cc(-c3ccccn3)nc(-c3ccccn3)c2)c(C)c1. The molecule has 0 unspecified atom stereocenters. The second-order valence-electron chi connectivity index (χ2n) is 6.83. The smallest absolute Gasteiger partial charge is 0.0900 e. The van der Waals surface area contributed by atoms with E-state index in [1.165, 1.54) is 22.3 Å². The zero-order valence-corrected chi connectivity index (χ0v) is 17.8. The summed E-state index contributed by atoms with van der Waals surface area (Å²) >= 11 is 0. The molecule has 0 aliphatic carbocycles. The van der Waals surface area contributed by atoms with E-state index in [2.05, 4.69) is 55.0 Å². The van der Waals surface area contributed by atoms with Crippen LogP contribution in [-0.2, 0) is 0 Å². The molecule has 3 heterocycles. The minimum atomic E-state index is 0.855. The Morgan fingerprint density at radius 2 is 1.07 bits per heavy atom. The Morgan fingerprint density at radius 1 is 0.586 bits per heavy atom. The fraction of sp³-hybridized carbons (Fsp3) is 0.192. The number of aromatic nitrogens is 3. The van der Waals surface area contributed by atoms with E-state index in [1.807, 2.05) is 50.2 Å². The van der Waals surface area contributed by atoms with Crippen LogP contribution in [0.4, 0.5) is 0 Å². The van der Waals surface area contributed by atoms with Gasteiger partial charge in [-0.3, -0.25) is 9.97 Å². The summed E-state index contributed by atoms with van der Waals surface area (Å²) < 4.78 is 0. The fourth-order valence-corrected chi connectivity index (χ4v) is 3.60. The molecule has 1 aromatic carbocycles. The van der Waals surface area contributed by atoms with Gasteiger partial charge in [0.2, 0.25) is 0 Å². The van der Waals surface area contributed by atoms with Crippen molar-refractivity contribution in [3.05, 3.63) is 89.7 Å². The number of hydrogen-bond acceptors (Lipinski definition) is 3. The maximum atomic E-state index is 4.85. The van der Waals surface area contributed by atoms with E-state index in [9.17, 15) is 0 Å². The van der Waals surface area contributed by atoms with Gasteiger partial charge in [0.05, 0.1) is 22.8 Å². The van der Waals surface area contributed by atoms with Crippen LogP contribution in [0.1, 0.15) is 30.5 Å².